The molecular weight excluding hydrogens is 342 g/mol. The van der Waals surface area contributed by atoms with Gasteiger partial charge in [-0.1, -0.05) is 47.6 Å². The van der Waals surface area contributed by atoms with E-state index in [1.165, 1.54) is 11.8 Å². The molecule has 122 valence electrons. The van der Waals surface area contributed by atoms with Crippen LogP contribution in [0.2, 0.25) is 5.02 Å². The highest BCUT2D eigenvalue weighted by Gasteiger charge is 2.09. The second-order valence-corrected chi connectivity index (χ2v) is 6.70. The van der Waals surface area contributed by atoms with Gasteiger partial charge in [0.15, 0.2) is 0 Å². The average molecular weight is 358 g/mol. The first-order valence-corrected chi connectivity index (χ1v) is 8.85. The summed E-state index contributed by atoms with van der Waals surface area (Å²) in [7, 11) is 0. The summed E-state index contributed by atoms with van der Waals surface area (Å²) in [4.78, 5) is 21.1. The minimum Gasteiger partial charge on any atom is -0.351 e. The maximum Gasteiger partial charge on any atom is 0.230 e. The van der Waals surface area contributed by atoms with Crippen molar-refractivity contribution in [1.29, 1.82) is 0 Å². The van der Waals surface area contributed by atoms with Crippen molar-refractivity contribution in [3.63, 3.8) is 0 Å². The van der Waals surface area contributed by atoms with Crippen molar-refractivity contribution < 1.29 is 4.79 Å². The van der Waals surface area contributed by atoms with Crippen molar-refractivity contribution in [3.05, 3.63) is 64.8 Å². The van der Waals surface area contributed by atoms with Gasteiger partial charge >= 0.3 is 0 Å². The quantitative estimate of drug-likeness (QED) is 0.701. The highest BCUT2D eigenvalue weighted by molar-refractivity contribution is 7.99. The molecule has 0 atom stereocenters. The van der Waals surface area contributed by atoms with E-state index in [9.17, 15) is 4.79 Å². The summed E-state index contributed by atoms with van der Waals surface area (Å²) < 4.78 is 0. The number of aryl methyl sites for hydroxylation is 1. The fourth-order valence-corrected chi connectivity index (χ4v) is 3.11. The van der Waals surface area contributed by atoms with Crippen molar-refractivity contribution in [2.75, 3.05) is 5.75 Å². The van der Waals surface area contributed by atoms with Gasteiger partial charge in [0.2, 0.25) is 5.91 Å². The molecule has 1 heterocycles. The number of halogens is 1. The molecule has 1 amide bonds. The van der Waals surface area contributed by atoms with Crippen LogP contribution in [-0.2, 0) is 11.3 Å². The number of carbonyl (C=O) groups excluding carboxylic acids is 1. The first-order chi connectivity index (χ1) is 11.6. The number of aromatic nitrogens is 2. The third kappa shape index (κ3) is 4.24. The first-order valence-electron chi connectivity index (χ1n) is 7.49. The fraction of sp³-hybridized carbons (Fsp3) is 0.167. The molecule has 0 saturated heterocycles. The van der Waals surface area contributed by atoms with E-state index in [0.717, 1.165) is 27.3 Å². The first kappa shape index (κ1) is 16.7. The lowest BCUT2D eigenvalue weighted by atomic mass is 10.2. The van der Waals surface area contributed by atoms with Gasteiger partial charge in [0.1, 0.15) is 5.03 Å². The van der Waals surface area contributed by atoms with Crippen LogP contribution < -0.4 is 5.32 Å². The molecule has 2 aromatic carbocycles. The zero-order valence-corrected chi connectivity index (χ0v) is 14.7. The summed E-state index contributed by atoms with van der Waals surface area (Å²) in [6.07, 6.45) is 0. The van der Waals surface area contributed by atoms with E-state index in [2.05, 4.69) is 15.3 Å². The Hall–Kier alpha value is -2.11. The zero-order valence-electron chi connectivity index (χ0n) is 13.1. The maximum atomic E-state index is 12.0. The molecule has 6 heteroatoms. The fourth-order valence-electron chi connectivity index (χ4n) is 2.20. The van der Waals surface area contributed by atoms with E-state index in [4.69, 9.17) is 11.6 Å². The largest absolute Gasteiger partial charge is 0.351 e. The van der Waals surface area contributed by atoms with Crippen LogP contribution in [0.5, 0.6) is 0 Å². The van der Waals surface area contributed by atoms with Gasteiger partial charge in [-0.3, -0.25) is 4.79 Å². The van der Waals surface area contributed by atoms with Gasteiger partial charge in [-0.25, -0.2) is 9.97 Å². The Morgan fingerprint density at radius 1 is 1.08 bits per heavy atom. The predicted octanol–water partition coefficient (Wildman–Crippen LogP) is 4.00. The zero-order chi connectivity index (χ0) is 16.9. The van der Waals surface area contributed by atoms with Crippen molar-refractivity contribution in [1.82, 2.24) is 15.3 Å². The molecule has 4 nitrogen and oxygen atoms in total. The van der Waals surface area contributed by atoms with Crippen LogP contribution in [0.1, 0.15) is 11.3 Å². The van der Waals surface area contributed by atoms with E-state index in [0.29, 0.717) is 17.3 Å². The molecule has 3 aromatic rings. The lowest BCUT2D eigenvalue weighted by Gasteiger charge is -2.07. The number of thioether (sulfide) groups is 1. The molecule has 0 bridgehead atoms. The minimum atomic E-state index is -0.0377. The third-order valence-electron chi connectivity index (χ3n) is 3.44. The van der Waals surface area contributed by atoms with E-state index in [1.54, 1.807) is 0 Å². The van der Waals surface area contributed by atoms with Gasteiger partial charge in [-0.15, -0.1) is 0 Å². The summed E-state index contributed by atoms with van der Waals surface area (Å²) in [5.74, 6) is 0.269. The van der Waals surface area contributed by atoms with Crippen molar-refractivity contribution in [2.24, 2.45) is 0 Å². The van der Waals surface area contributed by atoms with Gasteiger partial charge in [0.05, 0.1) is 22.5 Å². The summed E-state index contributed by atoms with van der Waals surface area (Å²) in [5, 5.41) is 4.37. The number of carbonyl (C=O) groups is 1. The van der Waals surface area contributed by atoms with Crippen LogP contribution in [-0.4, -0.2) is 21.6 Å². The molecule has 0 spiro atoms. The Bertz CT molecular complexity index is 868. The maximum absolute atomic E-state index is 12.0. The number of benzene rings is 2. The lowest BCUT2D eigenvalue weighted by molar-refractivity contribution is -0.118. The molecule has 24 heavy (non-hydrogen) atoms. The smallest absolute Gasteiger partial charge is 0.230 e. The number of amides is 1. The molecule has 0 aliphatic carbocycles. The molecule has 1 aromatic heterocycles. The van der Waals surface area contributed by atoms with Crippen LogP contribution in [0, 0.1) is 6.92 Å². The Kier molecular flexibility index (Phi) is 5.33. The number of hydrogen-bond donors (Lipinski definition) is 1. The van der Waals surface area contributed by atoms with Crippen molar-refractivity contribution >= 4 is 40.3 Å². The summed E-state index contributed by atoms with van der Waals surface area (Å²) in [5.41, 5.74) is 3.56. The van der Waals surface area contributed by atoms with E-state index >= 15 is 0 Å². The normalized spacial score (nSPS) is 10.8. The van der Waals surface area contributed by atoms with Crippen LogP contribution >= 0.6 is 23.4 Å². The van der Waals surface area contributed by atoms with Gasteiger partial charge < -0.3 is 5.32 Å². The van der Waals surface area contributed by atoms with Gasteiger partial charge in [-0.2, -0.15) is 0 Å². The molecule has 0 fully saturated rings. The molecular formula is C18H16ClN3OS. The topological polar surface area (TPSA) is 54.9 Å². The standard InChI is InChI=1S/C18H16ClN3OS/c1-12-18(22-16-5-3-2-4-15(16)21-12)24-11-17(23)20-10-13-6-8-14(19)9-7-13/h2-9H,10-11H2,1H3,(H,20,23). The second-order valence-electron chi connectivity index (χ2n) is 5.29. The van der Waals surface area contributed by atoms with Crippen molar-refractivity contribution in [2.45, 2.75) is 18.5 Å². The lowest BCUT2D eigenvalue weighted by Crippen LogP contribution is -2.24. The monoisotopic (exact) mass is 357 g/mol. The minimum absolute atomic E-state index is 0.0377. The molecule has 0 saturated carbocycles. The number of fused-ring (bicyclic) bond motifs is 1. The molecule has 1 N–H and O–H groups in total. The van der Waals surface area contributed by atoms with Crippen molar-refractivity contribution in [3.8, 4) is 0 Å². The van der Waals surface area contributed by atoms with E-state index in [1.807, 2.05) is 55.5 Å². The van der Waals surface area contributed by atoms with Crippen LogP contribution in [0.15, 0.2) is 53.6 Å². The van der Waals surface area contributed by atoms with Gasteiger partial charge in [0.25, 0.3) is 0 Å². The van der Waals surface area contributed by atoms with Crippen LogP contribution in [0.3, 0.4) is 0 Å². The number of rotatable bonds is 5. The molecule has 0 aliphatic rings. The summed E-state index contributed by atoms with van der Waals surface area (Å²) in [6.45, 7) is 2.40. The van der Waals surface area contributed by atoms with Crippen LogP contribution in [0.25, 0.3) is 11.0 Å². The molecule has 0 radical (unpaired) electrons. The summed E-state index contributed by atoms with van der Waals surface area (Å²) in [6, 6.07) is 15.1. The van der Waals surface area contributed by atoms with E-state index < -0.39 is 0 Å². The van der Waals surface area contributed by atoms with Gasteiger partial charge in [0, 0.05) is 11.6 Å². The Balaban J connectivity index is 1.58. The molecule has 0 aliphatic heterocycles. The average Bonchev–Trinajstić information content (AvgIpc) is 2.59. The predicted molar refractivity (Wildman–Crippen MR) is 98.3 cm³/mol. The summed E-state index contributed by atoms with van der Waals surface area (Å²) >= 11 is 7.25. The van der Waals surface area contributed by atoms with Crippen LogP contribution in [0.4, 0.5) is 0 Å². The van der Waals surface area contributed by atoms with Gasteiger partial charge in [-0.05, 0) is 36.8 Å². The Morgan fingerprint density at radius 3 is 2.46 bits per heavy atom. The van der Waals surface area contributed by atoms with E-state index in [-0.39, 0.29) is 5.91 Å². The highest BCUT2D eigenvalue weighted by atomic mass is 35.5. The second kappa shape index (κ2) is 7.64. The molecule has 0 unspecified atom stereocenters. The highest BCUT2D eigenvalue weighted by Crippen LogP contribution is 2.21. The third-order valence-corrected chi connectivity index (χ3v) is 4.76. The Morgan fingerprint density at radius 2 is 1.75 bits per heavy atom. The Labute approximate surface area is 149 Å². The molecule has 3 rings (SSSR count). The number of nitrogens with one attached hydrogen (secondary N) is 1. The SMILES string of the molecule is Cc1nc2ccccc2nc1SCC(=O)NCc1ccc(Cl)cc1. The number of nitrogens with zero attached hydrogens (tertiary/aromatic N) is 2. The number of para-hydroxylation sites is 2. The number of hydrogen-bond acceptors (Lipinski definition) is 4.